The van der Waals surface area contributed by atoms with Crippen LogP contribution in [-0.4, -0.2) is 24.4 Å². The SMILES string of the molecule is CN=C(N)SCc1ccccc1CSC(N)=NC. The zero-order valence-corrected chi connectivity index (χ0v) is 12.2. The fourth-order valence-electron chi connectivity index (χ4n) is 1.27. The van der Waals surface area contributed by atoms with Crippen molar-refractivity contribution < 1.29 is 0 Å². The number of hydrogen-bond acceptors (Lipinski definition) is 4. The van der Waals surface area contributed by atoms with Crippen LogP contribution in [-0.2, 0) is 11.5 Å². The van der Waals surface area contributed by atoms with Gasteiger partial charge in [0, 0.05) is 25.6 Å². The summed E-state index contributed by atoms with van der Waals surface area (Å²) >= 11 is 3.08. The van der Waals surface area contributed by atoms with Crippen molar-refractivity contribution >= 4 is 33.9 Å². The van der Waals surface area contributed by atoms with Gasteiger partial charge in [0.2, 0.25) is 0 Å². The summed E-state index contributed by atoms with van der Waals surface area (Å²) in [5.41, 5.74) is 13.9. The van der Waals surface area contributed by atoms with E-state index in [0.29, 0.717) is 10.3 Å². The topological polar surface area (TPSA) is 76.8 Å². The van der Waals surface area contributed by atoms with E-state index in [-0.39, 0.29) is 0 Å². The predicted octanol–water partition coefficient (Wildman–Crippen LogP) is 2.04. The van der Waals surface area contributed by atoms with Crippen LogP contribution in [0.3, 0.4) is 0 Å². The Balaban J connectivity index is 2.67. The van der Waals surface area contributed by atoms with Crippen molar-refractivity contribution in [3.8, 4) is 0 Å². The maximum atomic E-state index is 5.68. The summed E-state index contributed by atoms with van der Waals surface area (Å²) in [6, 6.07) is 8.26. The summed E-state index contributed by atoms with van der Waals surface area (Å²) in [5.74, 6) is 1.64. The lowest BCUT2D eigenvalue weighted by Crippen LogP contribution is -2.08. The van der Waals surface area contributed by atoms with E-state index in [0.717, 1.165) is 11.5 Å². The minimum Gasteiger partial charge on any atom is -0.379 e. The molecule has 4 N–H and O–H groups in total. The van der Waals surface area contributed by atoms with Crippen LogP contribution in [0.15, 0.2) is 34.3 Å². The van der Waals surface area contributed by atoms with E-state index in [4.69, 9.17) is 11.5 Å². The van der Waals surface area contributed by atoms with Crippen molar-refractivity contribution in [3.05, 3.63) is 35.4 Å². The third kappa shape index (κ3) is 5.01. The second-order valence-corrected chi connectivity index (χ2v) is 5.46. The van der Waals surface area contributed by atoms with Crippen LogP contribution in [0.4, 0.5) is 0 Å². The Bertz CT molecular complexity index is 402. The van der Waals surface area contributed by atoms with E-state index in [1.807, 2.05) is 12.1 Å². The fourth-order valence-corrected chi connectivity index (χ4v) is 2.70. The van der Waals surface area contributed by atoms with Crippen LogP contribution < -0.4 is 11.5 Å². The molecule has 0 amide bonds. The Hall–Kier alpha value is -1.14. The summed E-state index contributed by atoms with van der Waals surface area (Å²) in [5, 5.41) is 1.21. The average Bonchev–Trinajstić information content (AvgIpc) is 2.42. The van der Waals surface area contributed by atoms with Gasteiger partial charge < -0.3 is 11.5 Å². The van der Waals surface area contributed by atoms with Crippen molar-refractivity contribution in [3.63, 3.8) is 0 Å². The van der Waals surface area contributed by atoms with Gasteiger partial charge >= 0.3 is 0 Å². The van der Waals surface area contributed by atoms with Crippen LogP contribution in [0.2, 0.25) is 0 Å². The second kappa shape index (κ2) is 8.05. The highest BCUT2D eigenvalue weighted by molar-refractivity contribution is 8.13. The molecule has 0 fully saturated rings. The van der Waals surface area contributed by atoms with E-state index >= 15 is 0 Å². The highest BCUT2D eigenvalue weighted by Gasteiger charge is 2.04. The van der Waals surface area contributed by atoms with E-state index in [9.17, 15) is 0 Å². The highest BCUT2D eigenvalue weighted by atomic mass is 32.2. The van der Waals surface area contributed by atoms with Crippen molar-refractivity contribution in [2.75, 3.05) is 14.1 Å². The maximum absolute atomic E-state index is 5.68. The summed E-state index contributed by atoms with van der Waals surface area (Å²) in [6.07, 6.45) is 0. The number of rotatable bonds is 4. The minimum absolute atomic E-state index is 0.604. The van der Waals surface area contributed by atoms with Crippen molar-refractivity contribution in [2.24, 2.45) is 21.5 Å². The molecule has 0 heterocycles. The molecule has 0 unspecified atom stereocenters. The lowest BCUT2D eigenvalue weighted by Gasteiger charge is -2.08. The third-order valence-corrected chi connectivity index (χ3v) is 4.18. The summed E-state index contributed by atoms with van der Waals surface area (Å²) < 4.78 is 0. The maximum Gasteiger partial charge on any atom is 0.153 e. The van der Waals surface area contributed by atoms with Gasteiger partial charge in [-0.3, -0.25) is 9.98 Å². The van der Waals surface area contributed by atoms with Crippen LogP contribution in [0.1, 0.15) is 11.1 Å². The molecule has 0 aliphatic carbocycles. The monoisotopic (exact) mass is 282 g/mol. The number of benzene rings is 1. The lowest BCUT2D eigenvalue weighted by atomic mass is 10.1. The minimum atomic E-state index is 0.604. The Morgan fingerprint density at radius 2 is 1.33 bits per heavy atom. The molecule has 98 valence electrons. The van der Waals surface area contributed by atoms with Gasteiger partial charge in [0.25, 0.3) is 0 Å². The summed E-state index contributed by atoms with van der Waals surface area (Å²) in [7, 11) is 3.39. The largest absolute Gasteiger partial charge is 0.379 e. The molecule has 0 saturated heterocycles. The standard InChI is InChI=1S/C12H18N4S2/c1-15-11(13)17-7-9-5-3-4-6-10(9)8-18-12(14)16-2/h3-6H,7-8H2,1-2H3,(H2,13,15)(H2,14,16). The quantitative estimate of drug-likeness (QED) is 0.654. The molecule has 0 saturated carbocycles. The van der Waals surface area contributed by atoms with Crippen LogP contribution in [0.5, 0.6) is 0 Å². The Labute approximate surface area is 116 Å². The van der Waals surface area contributed by atoms with Crippen molar-refractivity contribution in [2.45, 2.75) is 11.5 Å². The molecule has 0 spiro atoms. The summed E-state index contributed by atoms with van der Waals surface area (Å²) in [6.45, 7) is 0. The number of amidine groups is 2. The van der Waals surface area contributed by atoms with Gasteiger partial charge in [-0.05, 0) is 11.1 Å². The number of nitrogens with zero attached hydrogens (tertiary/aromatic N) is 2. The normalized spacial score (nSPS) is 12.8. The summed E-state index contributed by atoms with van der Waals surface area (Å²) in [4.78, 5) is 7.87. The molecule has 1 rings (SSSR count). The molecule has 0 radical (unpaired) electrons. The first-order chi connectivity index (χ1) is 8.67. The number of nitrogens with two attached hydrogens (primary N) is 2. The Kier molecular flexibility index (Phi) is 6.67. The molecule has 1 aromatic rings. The molecular formula is C12H18N4S2. The van der Waals surface area contributed by atoms with Gasteiger partial charge in [-0.15, -0.1) is 0 Å². The first-order valence-corrected chi connectivity index (χ1v) is 7.41. The first kappa shape index (κ1) is 14.9. The Morgan fingerprint density at radius 1 is 0.944 bits per heavy atom. The predicted molar refractivity (Wildman–Crippen MR) is 84.1 cm³/mol. The molecule has 0 aromatic heterocycles. The zero-order valence-electron chi connectivity index (χ0n) is 10.6. The fraction of sp³-hybridized carbons (Fsp3) is 0.333. The van der Waals surface area contributed by atoms with Crippen molar-refractivity contribution in [1.82, 2.24) is 0 Å². The number of aliphatic imine (C=N–C) groups is 2. The first-order valence-electron chi connectivity index (χ1n) is 5.44. The average molecular weight is 282 g/mol. The third-order valence-electron chi connectivity index (χ3n) is 2.31. The molecule has 0 aliphatic heterocycles. The molecule has 1 aromatic carbocycles. The van der Waals surface area contributed by atoms with Crippen LogP contribution in [0.25, 0.3) is 0 Å². The molecule has 0 atom stereocenters. The second-order valence-electron chi connectivity index (χ2n) is 3.47. The molecule has 6 heteroatoms. The van der Waals surface area contributed by atoms with Gasteiger partial charge in [0.05, 0.1) is 0 Å². The molecular weight excluding hydrogens is 264 g/mol. The highest BCUT2D eigenvalue weighted by Crippen LogP contribution is 2.21. The molecule has 4 nitrogen and oxygen atoms in total. The van der Waals surface area contributed by atoms with E-state index in [1.54, 1.807) is 37.6 Å². The number of thioether (sulfide) groups is 2. The number of hydrogen-bond donors (Lipinski definition) is 2. The smallest absolute Gasteiger partial charge is 0.153 e. The van der Waals surface area contributed by atoms with Crippen LogP contribution >= 0.6 is 23.5 Å². The van der Waals surface area contributed by atoms with E-state index < -0.39 is 0 Å². The van der Waals surface area contributed by atoms with E-state index in [2.05, 4.69) is 22.1 Å². The van der Waals surface area contributed by atoms with Gasteiger partial charge in [-0.1, -0.05) is 47.8 Å². The van der Waals surface area contributed by atoms with Gasteiger partial charge in [-0.25, -0.2) is 0 Å². The Morgan fingerprint density at radius 3 is 1.67 bits per heavy atom. The van der Waals surface area contributed by atoms with Crippen LogP contribution in [0, 0.1) is 0 Å². The zero-order chi connectivity index (χ0) is 13.4. The van der Waals surface area contributed by atoms with E-state index in [1.165, 1.54) is 11.1 Å². The van der Waals surface area contributed by atoms with Crippen molar-refractivity contribution in [1.29, 1.82) is 0 Å². The molecule has 0 aliphatic rings. The molecule has 18 heavy (non-hydrogen) atoms. The van der Waals surface area contributed by atoms with Gasteiger partial charge in [0.15, 0.2) is 10.3 Å². The van der Waals surface area contributed by atoms with Gasteiger partial charge in [0.1, 0.15) is 0 Å². The lowest BCUT2D eigenvalue weighted by molar-refractivity contribution is 1.29. The molecule has 0 bridgehead atoms. The van der Waals surface area contributed by atoms with Gasteiger partial charge in [-0.2, -0.15) is 0 Å².